The molecular formula is C11H17NOS. The Kier molecular flexibility index (Phi) is 7.11. The van der Waals surface area contributed by atoms with Gasteiger partial charge in [0.05, 0.1) is 0 Å². The maximum atomic E-state index is 10.4. The van der Waals surface area contributed by atoms with Crippen molar-refractivity contribution in [1.82, 2.24) is 0 Å². The molecule has 3 heteroatoms. The van der Waals surface area contributed by atoms with Crippen LogP contribution in [0, 0.1) is 4.91 Å². The van der Waals surface area contributed by atoms with Gasteiger partial charge in [-0.05, 0) is 23.5 Å². The van der Waals surface area contributed by atoms with E-state index in [0.29, 0.717) is 0 Å². The number of nitroso groups, excluding NO2 is 1. The molecule has 0 N–H and O–H groups in total. The number of allylic oxidation sites excluding steroid dienone is 3. The van der Waals surface area contributed by atoms with Crippen LogP contribution in [-0.2, 0) is 0 Å². The minimum Gasteiger partial charge on any atom is -0.150 e. The fraction of sp³-hybridized carbons (Fsp3) is 0.455. The first-order valence-electron chi connectivity index (χ1n) is 4.61. The Hall–Kier alpha value is -0.830. The highest BCUT2D eigenvalue weighted by molar-refractivity contribution is 8.02. The quantitative estimate of drug-likeness (QED) is 0.472. The van der Waals surface area contributed by atoms with E-state index in [2.05, 4.69) is 18.3 Å². The smallest absolute Gasteiger partial charge is 0.104 e. The van der Waals surface area contributed by atoms with E-state index in [-0.39, 0.29) is 11.3 Å². The largest absolute Gasteiger partial charge is 0.150 e. The number of nitrogens with zero attached hydrogens (tertiary/aromatic N) is 1. The van der Waals surface area contributed by atoms with Gasteiger partial charge in [-0.2, -0.15) is 4.91 Å². The van der Waals surface area contributed by atoms with Crippen LogP contribution in [0.3, 0.4) is 0 Å². The first kappa shape index (κ1) is 13.2. The summed E-state index contributed by atoms with van der Waals surface area (Å²) >= 11 is 1.59. The van der Waals surface area contributed by atoms with Crippen molar-refractivity contribution in [2.24, 2.45) is 5.18 Å². The lowest BCUT2D eigenvalue weighted by Gasteiger charge is -2.12. The van der Waals surface area contributed by atoms with Gasteiger partial charge in [0.25, 0.3) is 0 Å². The Labute approximate surface area is 90.1 Å². The molecule has 0 aromatic rings. The van der Waals surface area contributed by atoms with Crippen LogP contribution in [0.4, 0.5) is 0 Å². The van der Waals surface area contributed by atoms with Crippen molar-refractivity contribution < 1.29 is 0 Å². The summed E-state index contributed by atoms with van der Waals surface area (Å²) in [6.07, 6.45) is 4.36. The fourth-order valence-corrected chi connectivity index (χ4v) is 1.83. The predicted molar refractivity (Wildman–Crippen MR) is 65.4 cm³/mol. The Morgan fingerprint density at radius 1 is 1.64 bits per heavy atom. The molecule has 0 bridgehead atoms. The van der Waals surface area contributed by atoms with Gasteiger partial charge in [0, 0.05) is 5.25 Å². The summed E-state index contributed by atoms with van der Waals surface area (Å²) in [7, 11) is 0. The van der Waals surface area contributed by atoms with Gasteiger partial charge >= 0.3 is 0 Å². The van der Waals surface area contributed by atoms with Crippen molar-refractivity contribution in [3.8, 4) is 0 Å². The average molecular weight is 211 g/mol. The van der Waals surface area contributed by atoms with Crippen LogP contribution in [-0.4, -0.2) is 11.3 Å². The Morgan fingerprint density at radius 3 is 2.71 bits per heavy atom. The molecule has 0 spiro atoms. The number of hydrogen-bond acceptors (Lipinski definition) is 3. The molecule has 0 aromatic carbocycles. The maximum Gasteiger partial charge on any atom is 0.104 e. The van der Waals surface area contributed by atoms with Crippen LogP contribution >= 0.6 is 11.8 Å². The van der Waals surface area contributed by atoms with Gasteiger partial charge < -0.3 is 0 Å². The maximum absolute atomic E-state index is 10.4. The number of thioether (sulfide) groups is 1. The van der Waals surface area contributed by atoms with E-state index in [1.54, 1.807) is 17.8 Å². The molecule has 2 unspecified atom stereocenters. The third-order valence-electron chi connectivity index (χ3n) is 1.93. The van der Waals surface area contributed by atoms with E-state index in [4.69, 9.17) is 0 Å². The van der Waals surface area contributed by atoms with Crippen molar-refractivity contribution >= 4 is 11.8 Å². The summed E-state index contributed by atoms with van der Waals surface area (Å²) in [5.41, 5.74) is 0.872. The second-order valence-corrected chi connectivity index (χ2v) is 4.29. The van der Waals surface area contributed by atoms with Crippen LogP contribution in [0.5, 0.6) is 0 Å². The lowest BCUT2D eigenvalue weighted by molar-refractivity contribution is 0.641. The molecule has 78 valence electrons. The zero-order chi connectivity index (χ0) is 11.0. The van der Waals surface area contributed by atoms with Crippen molar-refractivity contribution in [3.63, 3.8) is 0 Å². The van der Waals surface area contributed by atoms with Crippen LogP contribution in [0.1, 0.15) is 20.3 Å². The average Bonchev–Trinajstić information content (AvgIpc) is 2.19. The molecule has 14 heavy (non-hydrogen) atoms. The molecule has 2 atom stereocenters. The minimum absolute atomic E-state index is 0.110. The topological polar surface area (TPSA) is 29.4 Å². The van der Waals surface area contributed by atoms with Crippen LogP contribution in [0.15, 0.2) is 41.5 Å². The van der Waals surface area contributed by atoms with Crippen molar-refractivity contribution in [3.05, 3.63) is 41.2 Å². The number of hydrogen-bond donors (Lipinski definition) is 0. The molecular weight excluding hydrogens is 194 g/mol. The highest BCUT2D eigenvalue weighted by Crippen LogP contribution is 2.20. The molecule has 0 radical (unpaired) electrons. The molecule has 0 heterocycles. The summed E-state index contributed by atoms with van der Waals surface area (Å²) in [4.78, 5) is 10.4. The van der Waals surface area contributed by atoms with E-state index < -0.39 is 0 Å². The monoisotopic (exact) mass is 211 g/mol. The van der Waals surface area contributed by atoms with Gasteiger partial charge in [0.15, 0.2) is 0 Å². The third kappa shape index (κ3) is 5.02. The van der Waals surface area contributed by atoms with Gasteiger partial charge in [-0.25, -0.2) is 0 Å². The van der Waals surface area contributed by atoms with Crippen molar-refractivity contribution in [2.75, 3.05) is 0 Å². The summed E-state index contributed by atoms with van der Waals surface area (Å²) in [6.45, 7) is 11.3. The van der Waals surface area contributed by atoms with E-state index in [9.17, 15) is 4.91 Å². The van der Waals surface area contributed by atoms with Crippen LogP contribution < -0.4 is 0 Å². The van der Waals surface area contributed by atoms with Crippen molar-refractivity contribution in [2.45, 2.75) is 31.6 Å². The second-order valence-electron chi connectivity index (χ2n) is 3.00. The molecule has 0 aromatic heterocycles. The third-order valence-corrected chi connectivity index (χ3v) is 2.97. The highest BCUT2D eigenvalue weighted by Gasteiger charge is 2.14. The minimum atomic E-state index is -0.110. The molecule has 0 saturated carbocycles. The van der Waals surface area contributed by atoms with Crippen LogP contribution in [0.2, 0.25) is 0 Å². The fourth-order valence-electron chi connectivity index (χ4n) is 0.902. The summed E-state index contributed by atoms with van der Waals surface area (Å²) in [5, 5.41) is 5.22. The Balaban J connectivity index is 3.99. The lowest BCUT2D eigenvalue weighted by Crippen LogP contribution is -2.15. The van der Waals surface area contributed by atoms with Gasteiger partial charge in [0.2, 0.25) is 0 Å². The van der Waals surface area contributed by atoms with E-state index in [0.717, 1.165) is 12.0 Å². The molecule has 0 fully saturated rings. The summed E-state index contributed by atoms with van der Waals surface area (Å²) in [6, 6.07) is -0.110. The van der Waals surface area contributed by atoms with Gasteiger partial charge in [-0.15, -0.1) is 11.8 Å². The summed E-state index contributed by atoms with van der Waals surface area (Å²) < 4.78 is 0. The number of rotatable bonds is 7. The Bertz CT molecular complexity index is 235. The van der Waals surface area contributed by atoms with Crippen LogP contribution in [0.25, 0.3) is 0 Å². The van der Waals surface area contributed by atoms with E-state index >= 15 is 0 Å². The van der Waals surface area contributed by atoms with E-state index in [1.807, 2.05) is 25.3 Å². The summed E-state index contributed by atoms with van der Waals surface area (Å²) in [5.74, 6) is 0. The van der Waals surface area contributed by atoms with Gasteiger partial charge in [0.1, 0.15) is 6.04 Å². The zero-order valence-corrected chi connectivity index (χ0v) is 9.59. The molecule has 0 amide bonds. The Morgan fingerprint density at radius 2 is 2.29 bits per heavy atom. The second kappa shape index (κ2) is 7.56. The highest BCUT2D eigenvalue weighted by atomic mass is 32.2. The molecule has 0 aliphatic carbocycles. The SMILES string of the molecule is C=CC(=C)/C=C\SC(C)C(CC)N=O. The first-order chi connectivity index (χ1) is 6.65. The van der Waals surface area contributed by atoms with Gasteiger partial charge in [-0.3, -0.25) is 0 Å². The molecule has 0 saturated heterocycles. The standard InChI is InChI=1S/C11H17NOS/c1-5-9(3)7-8-14-10(4)11(6-2)12-13/h5,7-8,10-11H,1,3,6H2,2,4H3/b8-7-. The first-order valence-corrected chi connectivity index (χ1v) is 5.55. The van der Waals surface area contributed by atoms with E-state index in [1.165, 1.54) is 0 Å². The zero-order valence-electron chi connectivity index (χ0n) is 8.77. The van der Waals surface area contributed by atoms with Gasteiger partial charge in [-0.1, -0.05) is 38.3 Å². The van der Waals surface area contributed by atoms with Crippen molar-refractivity contribution in [1.29, 1.82) is 0 Å². The predicted octanol–water partition coefficient (Wildman–Crippen LogP) is 3.91. The lowest BCUT2D eigenvalue weighted by atomic mass is 10.2. The normalized spacial score (nSPS) is 15.0. The molecule has 0 aliphatic heterocycles. The molecule has 0 aliphatic rings. The molecule has 0 rings (SSSR count). The molecule has 2 nitrogen and oxygen atoms in total.